The third-order valence-corrected chi connectivity index (χ3v) is 5.56. The molecule has 0 amide bonds. The number of benzene rings is 3. The van der Waals surface area contributed by atoms with Gasteiger partial charge in [0, 0.05) is 27.7 Å². The Morgan fingerprint density at radius 2 is 1.78 bits per heavy atom. The SMILES string of the molecule is CCc1ccc2c(c1)c1c(ccc3cccnc31)c1nc3ccccc3n21. The predicted molar refractivity (Wildman–Crippen MR) is 112 cm³/mol. The monoisotopic (exact) mass is 347 g/mol. The Morgan fingerprint density at radius 3 is 2.70 bits per heavy atom. The Morgan fingerprint density at radius 1 is 0.852 bits per heavy atom. The van der Waals surface area contributed by atoms with Gasteiger partial charge in [0.25, 0.3) is 0 Å². The fraction of sp³-hybridized carbons (Fsp3) is 0.0833. The molecule has 6 aromatic rings. The minimum Gasteiger partial charge on any atom is -0.292 e. The molecule has 0 N–H and O–H groups in total. The standard InChI is InChI=1S/C24H17N3/c1-2-15-9-12-20-18(14-15)22-17(11-10-16-6-5-13-25-23(16)22)24-26-19-7-3-4-8-21(19)27(20)24/h3-14H,2H2,1H3. The Kier molecular flexibility index (Phi) is 2.87. The van der Waals surface area contributed by atoms with E-state index in [2.05, 4.69) is 65.9 Å². The van der Waals surface area contributed by atoms with Gasteiger partial charge in [0.15, 0.2) is 0 Å². The zero-order chi connectivity index (χ0) is 18.0. The van der Waals surface area contributed by atoms with E-state index < -0.39 is 0 Å². The molecule has 0 aliphatic rings. The van der Waals surface area contributed by atoms with Crippen molar-refractivity contribution < 1.29 is 0 Å². The zero-order valence-corrected chi connectivity index (χ0v) is 15.0. The van der Waals surface area contributed by atoms with Crippen LogP contribution in [0.4, 0.5) is 0 Å². The van der Waals surface area contributed by atoms with Gasteiger partial charge < -0.3 is 0 Å². The third-order valence-electron chi connectivity index (χ3n) is 5.56. The van der Waals surface area contributed by atoms with Crippen LogP contribution >= 0.6 is 0 Å². The number of hydrogen-bond acceptors (Lipinski definition) is 2. The normalized spacial score (nSPS) is 12.0. The number of aromatic nitrogens is 3. The largest absolute Gasteiger partial charge is 0.292 e. The molecule has 3 aromatic carbocycles. The van der Waals surface area contributed by atoms with Crippen LogP contribution in [-0.2, 0) is 6.42 Å². The second-order valence-corrected chi connectivity index (χ2v) is 7.03. The van der Waals surface area contributed by atoms with Gasteiger partial charge in [-0.15, -0.1) is 0 Å². The van der Waals surface area contributed by atoms with Crippen LogP contribution in [0, 0.1) is 0 Å². The van der Waals surface area contributed by atoms with Crippen molar-refractivity contribution >= 4 is 49.3 Å². The van der Waals surface area contributed by atoms with Crippen molar-refractivity contribution in [1.29, 1.82) is 0 Å². The van der Waals surface area contributed by atoms with Crippen LogP contribution in [0.5, 0.6) is 0 Å². The fourth-order valence-corrected chi connectivity index (χ4v) is 4.25. The molecule has 0 unspecified atom stereocenters. The number of imidazole rings is 1. The molecule has 128 valence electrons. The van der Waals surface area contributed by atoms with Crippen LogP contribution in [0.2, 0.25) is 0 Å². The van der Waals surface area contributed by atoms with Gasteiger partial charge in [0.05, 0.1) is 22.1 Å². The molecule has 0 aliphatic heterocycles. The lowest BCUT2D eigenvalue weighted by Crippen LogP contribution is -1.94. The molecule has 3 heterocycles. The van der Waals surface area contributed by atoms with E-state index in [-0.39, 0.29) is 0 Å². The molecule has 0 fully saturated rings. The summed E-state index contributed by atoms with van der Waals surface area (Å²) in [6.45, 7) is 2.20. The summed E-state index contributed by atoms with van der Waals surface area (Å²) in [5, 5.41) is 4.75. The molecule has 0 saturated heterocycles. The van der Waals surface area contributed by atoms with E-state index >= 15 is 0 Å². The summed E-state index contributed by atoms with van der Waals surface area (Å²) in [6, 6.07) is 23.6. The molecule has 0 atom stereocenters. The lowest BCUT2D eigenvalue weighted by atomic mass is 10.00. The van der Waals surface area contributed by atoms with Gasteiger partial charge in [-0.2, -0.15) is 0 Å². The highest BCUT2D eigenvalue weighted by atomic mass is 15.0. The molecule has 0 spiro atoms. The van der Waals surface area contributed by atoms with E-state index in [4.69, 9.17) is 9.97 Å². The Bertz CT molecular complexity index is 1510. The molecule has 0 bridgehead atoms. The zero-order valence-electron chi connectivity index (χ0n) is 15.0. The van der Waals surface area contributed by atoms with Crippen LogP contribution < -0.4 is 0 Å². The first kappa shape index (κ1) is 14.7. The molecular weight excluding hydrogens is 330 g/mol. The molecule has 3 aromatic heterocycles. The number of aryl methyl sites for hydroxylation is 1. The average molecular weight is 347 g/mol. The Labute approximate surface area is 155 Å². The molecule has 3 heteroatoms. The summed E-state index contributed by atoms with van der Waals surface area (Å²) in [7, 11) is 0. The van der Waals surface area contributed by atoms with Gasteiger partial charge in [-0.1, -0.05) is 37.3 Å². The van der Waals surface area contributed by atoms with Gasteiger partial charge in [0.1, 0.15) is 5.65 Å². The van der Waals surface area contributed by atoms with Gasteiger partial charge >= 0.3 is 0 Å². The second-order valence-electron chi connectivity index (χ2n) is 7.03. The summed E-state index contributed by atoms with van der Waals surface area (Å²) in [4.78, 5) is 9.72. The van der Waals surface area contributed by atoms with Crippen LogP contribution in [0.3, 0.4) is 0 Å². The highest BCUT2D eigenvalue weighted by Crippen LogP contribution is 2.36. The predicted octanol–water partition coefficient (Wildman–Crippen LogP) is 5.90. The molecule has 6 rings (SSSR count). The van der Waals surface area contributed by atoms with Crippen molar-refractivity contribution in [3.8, 4) is 0 Å². The van der Waals surface area contributed by atoms with Crippen LogP contribution in [-0.4, -0.2) is 14.4 Å². The number of pyridine rings is 2. The first-order valence-corrected chi connectivity index (χ1v) is 9.34. The lowest BCUT2D eigenvalue weighted by Gasteiger charge is -2.12. The van der Waals surface area contributed by atoms with E-state index in [0.29, 0.717) is 0 Å². The first-order chi connectivity index (χ1) is 13.3. The highest BCUT2D eigenvalue weighted by Gasteiger charge is 2.16. The number of nitrogens with zero attached hydrogens (tertiary/aromatic N) is 3. The smallest absolute Gasteiger partial charge is 0.146 e. The third kappa shape index (κ3) is 1.91. The van der Waals surface area contributed by atoms with E-state index in [9.17, 15) is 0 Å². The number of hydrogen-bond donors (Lipinski definition) is 0. The van der Waals surface area contributed by atoms with Crippen molar-refractivity contribution in [3.63, 3.8) is 0 Å². The van der Waals surface area contributed by atoms with Gasteiger partial charge in [-0.3, -0.25) is 9.38 Å². The van der Waals surface area contributed by atoms with Crippen molar-refractivity contribution in [2.75, 3.05) is 0 Å². The average Bonchev–Trinajstić information content (AvgIpc) is 3.13. The summed E-state index contributed by atoms with van der Waals surface area (Å²) >= 11 is 0. The van der Waals surface area contributed by atoms with Crippen molar-refractivity contribution in [1.82, 2.24) is 14.4 Å². The van der Waals surface area contributed by atoms with Crippen molar-refractivity contribution in [3.05, 3.63) is 78.5 Å². The molecule has 0 aliphatic carbocycles. The van der Waals surface area contributed by atoms with Crippen molar-refractivity contribution in [2.45, 2.75) is 13.3 Å². The van der Waals surface area contributed by atoms with E-state index in [1.54, 1.807) is 0 Å². The maximum absolute atomic E-state index is 4.98. The molecule has 27 heavy (non-hydrogen) atoms. The molecule has 0 saturated carbocycles. The quantitative estimate of drug-likeness (QED) is 0.346. The first-order valence-electron chi connectivity index (χ1n) is 9.34. The lowest BCUT2D eigenvalue weighted by molar-refractivity contribution is 1.14. The number of para-hydroxylation sites is 2. The van der Waals surface area contributed by atoms with E-state index in [0.717, 1.165) is 39.4 Å². The number of fused-ring (bicyclic) bond motifs is 10. The minimum absolute atomic E-state index is 0.996. The molecular formula is C24H17N3. The Hall–Kier alpha value is -3.46. The maximum Gasteiger partial charge on any atom is 0.146 e. The topological polar surface area (TPSA) is 30.2 Å². The highest BCUT2D eigenvalue weighted by molar-refractivity contribution is 6.22. The minimum atomic E-state index is 0.996. The molecule has 0 radical (unpaired) electrons. The fourth-order valence-electron chi connectivity index (χ4n) is 4.25. The van der Waals surface area contributed by atoms with E-state index in [1.807, 2.05) is 18.3 Å². The van der Waals surface area contributed by atoms with Crippen molar-refractivity contribution in [2.24, 2.45) is 0 Å². The van der Waals surface area contributed by atoms with Crippen LogP contribution in [0.15, 0.2) is 72.9 Å². The second kappa shape index (κ2) is 5.27. The summed E-state index contributed by atoms with van der Waals surface area (Å²) in [5.74, 6) is 0. The van der Waals surface area contributed by atoms with E-state index in [1.165, 1.54) is 21.9 Å². The Balaban J connectivity index is 2.01. The van der Waals surface area contributed by atoms with Gasteiger partial charge in [-0.25, -0.2) is 4.98 Å². The van der Waals surface area contributed by atoms with Crippen LogP contribution in [0.25, 0.3) is 49.3 Å². The summed E-state index contributed by atoms with van der Waals surface area (Å²) < 4.78 is 2.29. The summed E-state index contributed by atoms with van der Waals surface area (Å²) in [5.41, 5.74) is 6.72. The van der Waals surface area contributed by atoms with Gasteiger partial charge in [-0.05, 0) is 48.4 Å². The number of rotatable bonds is 1. The van der Waals surface area contributed by atoms with Gasteiger partial charge in [0.2, 0.25) is 0 Å². The molecule has 3 nitrogen and oxygen atoms in total. The summed E-state index contributed by atoms with van der Waals surface area (Å²) in [6.07, 6.45) is 2.89. The maximum atomic E-state index is 4.98. The van der Waals surface area contributed by atoms with Crippen LogP contribution in [0.1, 0.15) is 12.5 Å².